The maximum atomic E-state index is 13.7. The Morgan fingerprint density at radius 3 is 2.70 bits per heavy atom. The van der Waals surface area contributed by atoms with Gasteiger partial charge in [0.15, 0.2) is 11.5 Å². The van der Waals surface area contributed by atoms with Gasteiger partial charge in [0.05, 0.1) is 36.5 Å². The van der Waals surface area contributed by atoms with Crippen LogP contribution in [0.5, 0.6) is 11.5 Å². The number of amides is 3. The molecule has 2 N–H and O–H groups in total. The molecule has 1 atom stereocenters. The number of rotatable bonds is 6. The van der Waals surface area contributed by atoms with Crippen LogP contribution in [0.25, 0.3) is 0 Å². The topological polar surface area (TPSA) is 137 Å². The van der Waals surface area contributed by atoms with Gasteiger partial charge in [0.2, 0.25) is 5.91 Å². The molecule has 2 bridgehead atoms. The summed E-state index contributed by atoms with van der Waals surface area (Å²) in [5.74, 6) is -0.262. The van der Waals surface area contributed by atoms with Crippen LogP contribution < -0.4 is 20.1 Å². The summed E-state index contributed by atoms with van der Waals surface area (Å²) < 4.78 is 18.5. The molecule has 4 aromatic rings. The van der Waals surface area contributed by atoms with Gasteiger partial charge in [-0.1, -0.05) is 41.6 Å². The van der Waals surface area contributed by atoms with Crippen molar-refractivity contribution in [2.75, 3.05) is 40.5 Å². The number of nitrogens with one attached hydrogen (secondary N) is 2. The van der Waals surface area contributed by atoms with Gasteiger partial charge >= 0.3 is 0 Å². The summed E-state index contributed by atoms with van der Waals surface area (Å²) in [6, 6.07) is 17.3. The first-order chi connectivity index (χ1) is 22.4. The lowest BCUT2D eigenvalue weighted by molar-refractivity contribution is -0.123. The van der Waals surface area contributed by atoms with Gasteiger partial charge in [-0.25, -0.2) is 0 Å². The molecule has 0 aliphatic carbocycles. The second kappa shape index (κ2) is 16.0. The maximum absolute atomic E-state index is 13.7. The molecular formula is C33H38N6O6S. The molecule has 0 saturated heterocycles. The van der Waals surface area contributed by atoms with Gasteiger partial charge in [0, 0.05) is 63.6 Å². The van der Waals surface area contributed by atoms with E-state index in [1.165, 1.54) is 18.4 Å². The minimum Gasteiger partial charge on any atom is -0.493 e. The molecule has 2 aromatic heterocycles. The van der Waals surface area contributed by atoms with E-state index in [0.717, 1.165) is 16.1 Å². The zero-order valence-corrected chi connectivity index (χ0v) is 26.8. The smallest absolute Gasteiger partial charge is 0.264 e. The summed E-state index contributed by atoms with van der Waals surface area (Å²) in [5.41, 5.74) is 1.89. The second-order valence-corrected chi connectivity index (χ2v) is 11.9. The number of hydrogen-bond acceptors (Lipinski definition) is 9. The Labute approximate surface area is 271 Å². The number of ether oxygens (including phenoxy) is 3. The largest absolute Gasteiger partial charge is 0.493 e. The van der Waals surface area contributed by atoms with Crippen LogP contribution >= 0.6 is 11.3 Å². The van der Waals surface area contributed by atoms with Crippen molar-refractivity contribution in [1.82, 2.24) is 30.5 Å². The molecule has 3 amide bonds. The van der Waals surface area contributed by atoms with Crippen LogP contribution in [-0.2, 0) is 35.5 Å². The van der Waals surface area contributed by atoms with E-state index >= 15 is 0 Å². The van der Waals surface area contributed by atoms with Crippen molar-refractivity contribution in [1.29, 1.82) is 0 Å². The molecule has 13 heteroatoms. The van der Waals surface area contributed by atoms with Crippen LogP contribution in [0.3, 0.4) is 0 Å². The van der Waals surface area contributed by atoms with Crippen molar-refractivity contribution in [2.45, 2.75) is 38.5 Å². The van der Waals surface area contributed by atoms with Gasteiger partial charge in [0.25, 0.3) is 11.8 Å². The molecule has 12 nitrogen and oxygen atoms in total. The highest BCUT2D eigenvalue weighted by molar-refractivity contribution is 7.14. The van der Waals surface area contributed by atoms with E-state index in [1.807, 2.05) is 42.6 Å². The molecular weight excluding hydrogens is 608 g/mol. The van der Waals surface area contributed by atoms with Gasteiger partial charge in [0.1, 0.15) is 6.04 Å². The standard InChI is InChI=1S/C33H38N6O6S/c1-43-22-25-12-13-29(46-25)33(42)38-17-14-24-21-39(37-36-24)16-7-19-45-30-26(10-6-11-28(30)44-2)31(40)35-27(32(41)34-15-18-38)20-23-8-4-3-5-9-23/h3-6,8-13,21,27H,7,14-20,22H2,1-2H3,(H,34,41)(H,35,40)/t27-/m0/s1. The Kier molecular flexibility index (Phi) is 11.4. The summed E-state index contributed by atoms with van der Waals surface area (Å²) in [6.45, 7) is 2.08. The van der Waals surface area contributed by atoms with Gasteiger partial charge in [-0.15, -0.1) is 16.4 Å². The predicted octanol–water partition coefficient (Wildman–Crippen LogP) is 3.12. The van der Waals surface area contributed by atoms with Gasteiger partial charge in [-0.2, -0.15) is 0 Å². The highest BCUT2D eigenvalue weighted by Gasteiger charge is 2.26. The fraction of sp³-hybridized carbons (Fsp3) is 0.364. The number of carbonyl (C=O) groups is 3. The average Bonchev–Trinajstić information content (AvgIpc) is 3.74. The third-order valence-corrected chi connectivity index (χ3v) is 8.52. The lowest BCUT2D eigenvalue weighted by atomic mass is 10.0. The number of aromatic nitrogens is 3. The number of nitrogens with zero attached hydrogens (tertiary/aromatic N) is 4. The zero-order valence-electron chi connectivity index (χ0n) is 25.9. The molecule has 0 radical (unpaired) electrons. The molecule has 0 fully saturated rings. The molecule has 2 aromatic carbocycles. The number of methoxy groups -OCH3 is 2. The first kappa shape index (κ1) is 32.6. The van der Waals surface area contributed by atoms with E-state index < -0.39 is 11.9 Å². The van der Waals surface area contributed by atoms with Crippen LogP contribution in [0.1, 0.15) is 42.6 Å². The molecule has 242 valence electrons. The van der Waals surface area contributed by atoms with E-state index in [1.54, 1.807) is 41.0 Å². The minimum absolute atomic E-state index is 0.142. The van der Waals surface area contributed by atoms with Crippen molar-refractivity contribution < 1.29 is 28.6 Å². The number of carbonyl (C=O) groups excluding carboxylic acids is 3. The molecule has 0 spiro atoms. The first-order valence-electron chi connectivity index (χ1n) is 15.1. The van der Waals surface area contributed by atoms with E-state index in [9.17, 15) is 14.4 Å². The third kappa shape index (κ3) is 8.49. The lowest BCUT2D eigenvalue weighted by Gasteiger charge is -2.24. The first-order valence-corrected chi connectivity index (χ1v) is 15.9. The highest BCUT2D eigenvalue weighted by Crippen LogP contribution is 2.31. The van der Waals surface area contributed by atoms with Gasteiger partial charge in [-0.3, -0.25) is 19.1 Å². The van der Waals surface area contributed by atoms with Crippen molar-refractivity contribution in [2.24, 2.45) is 0 Å². The molecule has 1 aliphatic rings. The van der Waals surface area contributed by atoms with E-state index in [4.69, 9.17) is 14.2 Å². The fourth-order valence-electron chi connectivity index (χ4n) is 5.13. The average molecular weight is 647 g/mol. The van der Waals surface area contributed by atoms with E-state index in [0.29, 0.717) is 48.9 Å². The van der Waals surface area contributed by atoms with E-state index in [-0.39, 0.29) is 43.5 Å². The third-order valence-electron chi connectivity index (χ3n) is 7.48. The Morgan fingerprint density at radius 2 is 1.89 bits per heavy atom. The zero-order chi connectivity index (χ0) is 32.3. The number of benzene rings is 2. The number of hydrogen-bond donors (Lipinski definition) is 2. The van der Waals surface area contributed by atoms with Crippen LogP contribution in [0.4, 0.5) is 0 Å². The number of thiophene rings is 1. The predicted molar refractivity (Wildman–Crippen MR) is 172 cm³/mol. The Bertz CT molecular complexity index is 1620. The summed E-state index contributed by atoms with van der Waals surface area (Å²) in [6.07, 6.45) is 3.21. The number of aryl methyl sites for hydroxylation is 1. The summed E-state index contributed by atoms with van der Waals surface area (Å²) in [4.78, 5) is 44.1. The molecule has 3 heterocycles. The summed E-state index contributed by atoms with van der Waals surface area (Å²) in [5, 5.41) is 14.4. The Morgan fingerprint density at radius 1 is 1.04 bits per heavy atom. The van der Waals surface area contributed by atoms with Crippen molar-refractivity contribution >= 4 is 29.1 Å². The molecule has 0 unspecified atom stereocenters. The van der Waals surface area contributed by atoms with Crippen LogP contribution in [0, 0.1) is 0 Å². The number of fused-ring (bicyclic) bond motifs is 3. The van der Waals surface area contributed by atoms with E-state index in [2.05, 4.69) is 20.9 Å². The monoisotopic (exact) mass is 646 g/mol. The highest BCUT2D eigenvalue weighted by atomic mass is 32.1. The van der Waals surface area contributed by atoms with Crippen molar-refractivity contribution in [3.8, 4) is 11.5 Å². The Balaban J connectivity index is 1.41. The summed E-state index contributed by atoms with van der Waals surface area (Å²) in [7, 11) is 3.13. The fourth-order valence-corrected chi connectivity index (χ4v) is 6.08. The van der Waals surface area contributed by atoms with Gasteiger partial charge < -0.3 is 29.7 Å². The Hall–Kier alpha value is -4.75. The van der Waals surface area contributed by atoms with Crippen LogP contribution in [-0.4, -0.2) is 84.1 Å². The van der Waals surface area contributed by atoms with Crippen molar-refractivity contribution in [3.05, 3.63) is 93.4 Å². The molecule has 1 aliphatic heterocycles. The quantitative estimate of drug-likeness (QED) is 0.326. The normalized spacial score (nSPS) is 16.6. The SMILES string of the molecule is COCc1ccc(C(=O)N2CCNC(=O)[C@H](Cc3ccccc3)NC(=O)c3cccc(OC)c3OCCCn3cc(nn3)CC2)s1. The minimum atomic E-state index is -0.886. The van der Waals surface area contributed by atoms with Gasteiger partial charge in [-0.05, 0) is 29.8 Å². The van der Waals surface area contributed by atoms with Crippen LogP contribution in [0.2, 0.25) is 0 Å². The molecule has 46 heavy (non-hydrogen) atoms. The van der Waals surface area contributed by atoms with Crippen LogP contribution in [0.15, 0.2) is 66.9 Å². The lowest BCUT2D eigenvalue weighted by Crippen LogP contribution is -2.50. The molecule has 0 saturated carbocycles. The maximum Gasteiger partial charge on any atom is 0.264 e. The van der Waals surface area contributed by atoms with Crippen molar-refractivity contribution in [3.63, 3.8) is 0 Å². The molecule has 5 rings (SSSR count). The second-order valence-electron chi connectivity index (χ2n) is 10.8. The number of para-hydroxylation sites is 1. The summed E-state index contributed by atoms with van der Waals surface area (Å²) >= 11 is 1.38.